The Morgan fingerprint density at radius 1 is 1.40 bits per heavy atom. The summed E-state index contributed by atoms with van der Waals surface area (Å²) in [5.41, 5.74) is 1.49. The Labute approximate surface area is 97.1 Å². The zero-order chi connectivity index (χ0) is 10.8. The number of hydrogen-bond acceptors (Lipinski definition) is 4. The first-order chi connectivity index (χ1) is 7.26. The van der Waals surface area contributed by atoms with Crippen LogP contribution >= 0.6 is 23.4 Å². The largest absolute Gasteiger partial charge is 0.315 e. The smallest absolute Gasteiger partial charge is 0.191 e. The molecule has 0 saturated heterocycles. The van der Waals surface area contributed by atoms with Crippen molar-refractivity contribution in [3.05, 3.63) is 11.5 Å². The molecule has 2 heterocycles. The van der Waals surface area contributed by atoms with Gasteiger partial charge in [-0.1, -0.05) is 30.3 Å². The number of thioether (sulfide) groups is 1. The van der Waals surface area contributed by atoms with Gasteiger partial charge in [0.15, 0.2) is 16.0 Å². The van der Waals surface area contributed by atoms with Crippen molar-refractivity contribution in [1.82, 2.24) is 19.5 Å². The summed E-state index contributed by atoms with van der Waals surface area (Å²) in [6, 6.07) is 0. The highest BCUT2D eigenvalue weighted by atomic mass is 35.5. The van der Waals surface area contributed by atoms with E-state index < -0.39 is 0 Å². The van der Waals surface area contributed by atoms with E-state index in [-0.39, 0.29) is 0 Å². The Kier molecular flexibility index (Phi) is 3.11. The number of halogens is 1. The predicted molar refractivity (Wildman–Crippen MR) is 62.4 cm³/mol. The van der Waals surface area contributed by atoms with Gasteiger partial charge in [0.1, 0.15) is 5.52 Å². The Hall–Kier alpha value is -0.810. The first kappa shape index (κ1) is 10.7. The Morgan fingerprint density at radius 2 is 2.20 bits per heavy atom. The molecule has 0 N–H and O–H groups in total. The minimum atomic E-state index is 0.433. The van der Waals surface area contributed by atoms with Gasteiger partial charge in [0.2, 0.25) is 0 Å². The molecule has 0 spiro atoms. The number of aromatic nitrogens is 4. The van der Waals surface area contributed by atoms with Crippen molar-refractivity contribution in [3.8, 4) is 0 Å². The average molecular weight is 243 g/mol. The van der Waals surface area contributed by atoms with Gasteiger partial charge in [0.05, 0.1) is 6.33 Å². The second-order valence-electron chi connectivity index (χ2n) is 2.93. The highest BCUT2D eigenvalue weighted by Gasteiger charge is 2.10. The second kappa shape index (κ2) is 4.37. The van der Waals surface area contributed by atoms with Gasteiger partial charge in [-0.2, -0.15) is 0 Å². The van der Waals surface area contributed by atoms with Crippen LogP contribution in [0.5, 0.6) is 0 Å². The van der Waals surface area contributed by atoms with Crippen LogP contribution in [0.3, 0.4) is 0 Å². The number of fused-ring (bicyclic) bond motifs is 1. The summed E-state index contributed by atoms with van der Waals surface area (Å²) in [6.45, 7) is 4.94. The molecule has 0 atom stereocenters. The molecular weight excluding hydrogens is 232 g/mol. The van der Waals surface area contributed by atoms with Crippen molar-refractivity contribution in [2.45, 2.75) is 25.5 Å². The quantitative estimate of drug-likeness (QED) is 0.472. The Morgan fingerprint density at radius 3 is 2.87 bits per heavy atom. The lowest BCUT2D eigenvalue weighted by molar-refractivity contribution is 0.770. The van der Waals surface area contributed by atoms with E-state index in [1.807, 2.05) is 11.5 Å². The maximum Gasteiger partial charge on any atom is 0.191 e. The fraction of sp³-hybridized carbons (Fsp3) is 0.444. The van der Waals surface area contributed by atoms with Crippen LogP contribution in [0.2, 0.25) is 5.15 Å². The Bertz CT molecular complexity index is 482. The highest BCUT2D eigenvalue weighted by molar-refractivity contribution is 7.99. The summed E-state index contributed by atoms with van der Waals surface area (Å²) in [6.07, 6.45) is 1.74. The van der Waals surface area contributed by atoms with Gasteiger partial charge < -0.3 is 4.57 Å². The first-order valence-electron chi connectivity index (χ1n) is 4.77. The molecule has 0 aliphatic carbocycles. The molecule has 0 bridgehead atoms. The molecule has 0 amide bonds. The van der Waals surface area contributed by atoms with Crippen LogP contribution in [0, 0.1) is 0 Å². The molecule has 0 fully saturated rings. The van der Waals surface area contributed by atoms with Gasteiger partial charge in [-0.25, -0.2) is 15.0 Å². The van der Waals surface area contributed by atoms with E-state index in [0.717, 1.165) is 17.9 Å². The van der Waals surface area contributed by atoms with Gasteiger partial charge >= 0.3 is 0 Å². The van der Waals surface area contributed by atoms with E-state index in [2.05, 4.69) is 21.9 Å². The molecule has 4 nitrogen and oxygen atoms in total. The third-order valence-electron chi connectivity index (χ3n) is 2.01. The zero-order valence-electron chi connectivity index (χ0n) is 8.57. The van der Waals surface area contributed by atoms with Gasteiger partial charge in [-0.05, 0) is 12.7 Å². The van der Waals surface area contributed by atoms with Crippen molar-refractivity contribution in [2.75, 3.05) is 5.75 Å². The number of nitrogens with zero attached hydrogens (tertiary/aromatic N) is 4. The predicted octanol–water partition coefficient (Wildman–Crippen LogP) is 2.61. The number of hydrogen-bond donors (Lipinski definition) is 0. The molecule has 15 heavy (non-hydrogen) atoms. The monoisotopic (exact) mass is 242 g/mol. The lowest BCUT2D eigenvalue weighted by atomic mass is 10.5. The topological polar surface area (TPSA) is 43.6 Å². The lowest BCUT2D eigenvalue weighted by Crippen LogP contribution is -1.96. The highest BCUT2D eigenvalue weighted by Crippen LogP contribution is 2.22. The molecule has 0 aliphatic rings. The van der Waals surface area contributed by atoms with Crippen LogP contribution in [0.4, 0.5) is 0 Å². The molecule has 0 radical (unpaired) electrons. The molecule has 2 aromatic rings. The van der Waals surface area contributed by atoms with Gasteiger partial charge in [-0.3, -0.25) is 0 Å². The van der Waals surface area contributed by atoms with Crippen molar-refractivity contribution in [1.29, 1.82) is 0 Å². The first-order valence-corrected chi connectivity index (χ1v) is 6.13. The number of imidazole rings is 1. The van der Waals surface area contributed by atoms with Crippen molar-refractivity contribution >= 4 is 34.5 Å². The van der Waals surface area contributed by atoms with Crippen LogP contribution in [0.25, 0.3) is 11.2 Å². The molecular formula is C9H11ClN4S. The summed E-state index contributed by atoms with van der Waals surface area (Å²) < 4.78 is 1.96. The molecule has 80 valence electrons. The van der Waals surface area contributed by atoms with Crippen LogP contribution in [-0.4, -0.2) is 25.3 Å². The lowest BCUT2D eigenvalue weighted by Gasteiger charge is -2.01. The number of rotatable bonds is 3. The standard InChI is InChI=1S/C9H11ClN4S/c1-3-14-5-11-6-7(10)12-9(15-4-2)13-8(6)14/h5H,3-4H2,1-2H3. The molecule has 0 aliphatic heterocycles. The molecule has 6 heteroatoms. The normalized spacial score (nSPS) is 11.1. The molecule has 2 rings (SSSR count). The minimum Gasteiger partial charge on any atom is -0.315 e. The summed E-state index contributed by atoms with van der Waals surface area (Å²) in [7, 11) is 0. The molecule has 0 aromatic carbocycles. The third kappa shape index (κ3) is 1.94. The van der Waals surface area contributed by atoms with Crippen LogP contribution in [-0.2, 0) is 6.54 Å². The van der Waals surface area contributed by atoms with E-state index in [1.165, 1.54) is 0 Å². The minimum absolute atomic E-state index is 0.433. The zero-order valence-corrected chi connectivity index (χ0v) is 10.1. The van der Waals surface area contributed by atoms with E-state index >= 15 is 0 Å². The van der Waals surface area contributed by atoms with Crippen molar-refractivity contribution in [3.63, 3.8) is 0 Å². The van der Waals surface area contributed by atoms with E-state index in [9.17, 15) is 0 Å². The van der Waals surface area contributed by atoms with E-state index in [0.29, 0.717) is 15.8 Å². The maximum absolute atomic E-state index is 6.03. The van der Waals surface area contributed by atoms with Crippen molar-refractivity contribution < 1.29 is 0 Å². The Balaban J connectivity index is 2.60. The summed E-state index contributed by atoms with van der Waals surface area (Å²) in [5.74, 6) is 0.933. The fourth-order valence-corrected chi connectivity index (χ4v) is 2.14. The average Bonchev–Trinajstić information content (AvgIpc) is 2.61. The van der Waals surface area contributed by atoms with Crippen LogP contribution in [0.1, 0.15) is 13.8 Å². The summed E-state index contributed by atoms with van der Waals surface area (Å²) in [5, 5.41) is 1.15. The fourth-order valence-electron chi connectivity index (χ4n) is 1.32. The number of aryl methyl sites for hydroxylation is 1. The summed E-state index contributed by atoms with van der Waals surface area (Å²) in [4.78, 5) is 12.8. The van der Waals surface area contributed by atoms with E-state index in [1.54, 1.807) is 18.1 Å². The third-order valence-corrected chi connectivity index (χ3v) is 3.01. The second-order valence-corrected chi connectivity index (χ2v) is 4.52. The molecule has 0 unspecified atom stereocenters. The van der Waals surface area contributed by atoms with Gasteiger partial charge in [0, 0.05) is 6.54 Å². The van der Waals surface area contributed by atoms with E-state index in [4.69, 9.17) is 11.6 Å². The van der Waals surface area contributed by atoms with Crippen LogP contribution in [0.15, 0.2) is 11.5 Å². The molecule has 0 saturated carbocycles. The van der Waals surface area contributed by atoms with Crippen LogP contribution < -0.4 is 0 Å². The SMILES string of the molecule is CCSc1nc(Cl)c2ncn(CC)c2n1. The van der Waals surface area contributed by atoms with Gasteiger partial charge in [0.25, 0.3) is 0 Å². The molecule has 2 aromatic heterocycles. The summed E-state index contributed by atoms with van der Waals surface area (Å²) >= 11 is 7.61. The van der Waals surface area contributed by atoms with Gasteiger partial charge in [-0.15, -0.1) is 0 Å². The maximum atomic E-state index is 6.03. The van der Waals surface area contributed by atoms with Crippen molar-refractivity contribution in [2.24, 2.45) is 0 Å².